The molecule has 1 N–H and O–H groups in total. The van der Waals surface area contributed by atoms with E-state index in [-0.39, 0.29) is 11.1 Å². The molecule has 25 heavy (non-hydrogen) atoms. The molecule has 0 aliphatic heterocycles. The predicted molar refractivity (Wildman–Crippen MR) is 100 cm³/mol. The number of hydrogen-bond donors (Lipinski definition) is 1. The van der Waals surface area contributed by atoms with Gasteiger partial charge in [0, 0.05) is 16.9 Å². The number of aryl methyl sites for hydroxylation is 1. The molecule has 1 amide bonds. The van der Waals surface area contributed by atoms with E-state index in [1.807, 2.05) is 31.2 Å². The molecule has 3 rings (SSSR count). The van der Waals surface area contributed by atoms with Crippen LogP contribution in [0.4, 0.5) is 5.69 Å². The van der Waals surface area contributed by atoms with E-state index in [2.05, 4.69) is 5.32 Å². The fourth-order valence-electron chi connectivity index (χ4n) is 2.50. The first-order chi connectivity index (χ1) is 12.0. The topological polar surface area (TPSA) is 51.1 Å². The Kier molecular flexibility index (Phi) is 5.00. The molecule has 2 aromatic carbocycles. The van der Waals surface area contributed by atoms with Crippen molar-refractivity contribution in [1.29, 1.82) is 0 Å². The highest BCUT2D eigenvalue weighted by Crippen LogP contribution is 2.12. The maximum atomic E-state index is 12.6. The number of halogens is 1. The van der Waals surface area contributed by atoms with Crippen LogP contribution < -0.4 is 10.9 Å². The number of nitrogens with zero attached hydrogens (tertiary/aromatic N) is 1. The molecule has 1 aromatic heterocycles. The molecular formula is C20H17ClN2O2. The number of pyridine rings is 1. The maximum Gasteiger partial charge on any atom is 0.263 e. The monoisotopic (exact) mass is 352 g/mol. The van der Waals surface area contributed by atoms with E-state index in [9.17, 15) is 9.59 Å². The Morgan fingerprint density at radius 2 is 1.84 bits per heavy atom. The van der Waals surface area contributed by atoms with Gasteiger partial charge in [-0.25, -0.2) is 0 Å². The van der Waals surface area contributed by atoms with Gasteiger partial charge in [-0.2, -0.15) is 0 Å². The van der Waals surface area contributed by atoms with Crippen LogP contribution in [0, 0.1) is 6.92 Å². The molecule has 0 spiro atoms. The normalized spacial score (nSPS) is 10.5. The lowest BCUT2D eigenvalue weighted by Crippen LogP contribution is -2.29. The smallest absolute Gasteiger partial charge is 0.263 e. The second-order valence-corrected chi connectivity index (χ2v) is 6.24. The Bertz CT molecular complexity index is 962. The Hall–Kier alpha value is -2.85. The molecule has 3 aromatic rings. The van der Waals surface area contributed by atoms with Crippen LogP contribution in [0.15, 0.2) is 71.7 Å². The minimum atomic E-state index is -0.422. The van der Waals surface area contributed by atoms with Gasteiger partial charge in [-0.05, 0) is 48.9 Å². The summed E-state index contributed by atoms with van der Waals surface area (Å²) in [5.74, 6) is -0.422. The Balaban J connectivity index is 1.84. The largest absolute Gasteiger partial charge is 0.322 e. The van der Waals surface area contributed by atoms with Crippen molar-refractivity contribution in [2.45, 2.75) is 13.5 Å². The lowest BCUT2D eigenvalue weighted by atomic mass is 10.2. The van der Waals surface area contributed by atoms with Crippen molar-refractivity contribution >= 4 is 23.2 Å². The number of amides is 1. The summed E-state index contributed by atoms with van der Waals surface area (Å²) in [5.41, 5.74) is 2.41. The van der Waals surface area contributed by atoms with Crippen molar-refractivity contribution in [3.63, 3.8) is 0 Å². The van der Waals surface area contributed by atoms with Crippen molar-refractivity contribution in [3.05, 3.63) is 98.9 Å². The van der Waals surface area contributed by atoms with Crippen LogP contribution in [0.2, 0.25) is 5.02 Å². The van der Waals surface area contributed by atoms with Gasteiger partial charge < -0.3 is 9.88 Å². The average molecular weight is 353 g/mol. The van der Waals surface area contributed by atoms with Crippen LogP contribution in [-0.4, -0.2) is 10.5 Å². The van der Waals surface area contributed by atoms with Crippen molar-refractivity contribution in [1.82, 2.24) is 4.57 Å². The number of carbonyl (C=O) groups excluding carboxylic acids is 1. The zero-order valence-electron chi connectivity index (χ0n) is 13.7. The fourth-order valence-corrected chi connectivity index (χ4v) is 2.71. The summed E-state index contributed by atoms with van der Waals surface area (Å²) in [6.07, 6.45) is 1.66. The van der Waals surface area contributed by atoms with E-state index in [1.165, 1.54) is 10.6 Å². The second-order valence-electron chi connectivity index (χ2n) is 5.80. The highest BCUT2D eigenvalue weighted by Gasteiger charge is 2.12. The van der Waals surface area contributed by atoms with E-state index >= 15 is 0 Å². The van der Waals surface area contributed by atoms with E-state index in [4.69, 9.17) is 11.6 Å². The molecule has 0 unspecified atom stereocenters. The number of benzene rings is 2. The molecule has 0 saturated heterocycles. The van der Waals surface area contributed by atoms with Crippen LogP contribution in [-0.2, 0) is 6.54 Å². The summed E-state index contributed by atoms with van der Waals surface area (Å²) in [6, 6.07) is 17.9. The molecule has 0 fully saturated rings. The molecule has 5 heteroatoms. The minimum Gasteiger partial charge on any atom is -0.322 e. The molecule has 0 radical (unpaired) electrons. The number of nitrogens with one attached hydrogen (secondary N) is 1. The molecule has 126 valence electrons. The average Bonchev–Trinajstić information content (AvgIpc) is 2.59. The van der Waals surface area contributed by atoms with Gasteiger partial charge in [-0.3, -0.25) is 9.59 Å². The first kappa shape index (κ1) is 17.0. The lowest BCUT2D eigenvalue weighted by molar-refractivity contribution is 0.102. The van der Waals surface area contributed by atoms with Crippen molar-refractivity contribution in [3.8, 4) is 0 Å². The molecule has 0 aliphatic rings. The van der Waals surface area contributed by atoms with Gasteiger partial charge >= 0.3 is 0 Å². The van der Waals surface area contributed by atoms with Gasteiger partial charge in [0.25, 0.3) is 11.5 Å². The first-order valence-corrected chi connectivity index (χ1v) is 8.22. The Morgan fingerprint density at radius 3 is 2.56 bits per heavy atom. The minimum absolute atomic E-state index is 0.102. The highest BCUT2D eigenvalue weighted by atomic mass is 35.5. The molecule has 0 saturated carbocycles. The number of aromatic nitrogens is 1. The van der Waals surface area contributed by atoms with Crippen LogP contribution in [0.3, 0.4) is 0 Å². The zero-order chi connectivity index (χ0) is 17.8. The summed E-state index contributed by atoms with van der Waals surface area (Å²) < 4.78 is 1.50. The Morgan fingerprint density at radius 1 is 1.08 bits per heavy atom. The molecule has 0 atom stereocenters. The summed E-state index contributed by atoms with van der Waals surface area (Å²) in [5, 5.41) is 3.36. The molecule has 0 aliphatic carbocycles. The molecular weight excluding hydrogens is 336 g/mol. The van der Waals surface area contributed by atoms with Crippen LogP contribution in [0.25, 0.3) is 0 Å². The molecule has 0 bridgehead atoms. The maximum absolute atomic E-state index is 12.6. The van der Waals surface area contributed by atoms with E-state index < -0.39 is 5.91 Å². The van der Waals surface area contributed by atoms with Crippen molar-refractivity contribution in [2.75, 3.05) is 5.32 Å². The summed E-state index contributed by atoms with van der Waals surface area (Å²) in [4.78, 5) is 25.0. The quantitative estimate of drug-likeness (QED) is 0.768. The third-order valence-electron chi connectivity index (χ3n) is 3.82. The standard InChI is InChI=1S/C20H17ClN2O2/c1-14-7-9-17(10-8-14)22-19(24)18-6-3-11-23(20(18)25)13-15-4-2-5-16(21)12-15/h2-12H,13H2,1H3,(H,22,24). The van der Waals surface area contributed by atoms with Gasteiger partial charge in [0.1, 0.15) is 5.56 Å². The number of anilines is 1. The molecule has 4 nitrogen and oxygen atoms in total. The summed E-state index contributed by atoms with van der Waals surface area (Å²) in [6.45, 7) is 2.32. The third kappa shape index (κ3) is 4.17. The molecule has 1 heterocycles. The van der Waals surface area contributed by atoms with Crippen LogP contribution in [0.1, 0.15) is 21.5 Å². The van der Waals surface area contributed by atoms with Crippen molar-refractivity contribution in [2.24, 2.45) is 0 Å². The van der Waals surface area contributed by atoms with Gasteiger partial charge in [0.2, 0.25) is 0 Å². The van der Waals surface area contributed by atoms with Crippen LogP contribution in [0.5, 0.6) is 0 Å². The third-order valence-corrected chi connectivity index (χ3v) is 4.05. The lowest BCUT2D eigenvalue weighted by Gasteiger charge is -2.09. The highest BCUT2D eigenvalue weighted by molar-refractivity contribution is 6.30. The summed E-state index contributed by atoms with van der Waals surface area (Å²) >= 11 is 5.98. The van der Waals surface area contributed by atoms with Crippen LogP contribution >= 0.6 is 11.6 Å². The number of rotatable bonds is 4. The van der Waals surface area contributed by atoms with E-state index in [0.717, 1.165) is 11.1 Å². The summed E-state index contributed by atoms with van der Waals surface area (Å²) in [7, 11) is 0. The van der Waals surface area contributed by atoms with Gasteiger partial charge in [-0.1, -0.05) is 41.4 Å². The Labute approximate surface area is 150 Å². The van der Waals surface area contributed by atoms with Gasteiger partial charge in [0.05, 0.1) is 6.54 Å². The second kappa shape index (κ2) is 7.36. The van der Waals surface area contributed by atoms with Gasteiger partial charge in [-0.15, -0.1) is 0 Å². The first-order valence-electron chi connectivity index (χ1n) is 7.85. The van der Waals surface area contributed by atoms with Gasteiger partial charge in [0.15, 0.2) is 0 Å². The number of hydrogen-bond acceptors (Lipinski definition) is 2. The fraction of sp³-hybridized carbons (Fsp3) is 0.100. The SMILES string of the molecule is Cc1ccc(NC(=O)c2cccn(Cc3cccc(Cl)c3)c2=O)cc1. The zero-order valence-corrected chi connectivity index (χ0v) is 14.5. The van der Waals surface area contributed by atoms with E-state index in [0.29, 0.717) is 17.3 Å². The van der Waals surface area contributed by atoms with Crippen molar-refractivity contribution < 1.29 is 4.79 Å². The number of carbonyl (C=O) groups is 1. The predicted octanol–water partition coefficient (Wildman–Crippen LogP) is 4.11. The van der Waals surface area contributed by atoms with E-state index in [1.54, 1.807) is 36.5 Å².